The SMILES string of the molecule is CCCCCCCOc1ccc2c(ccc3[nH]c(=O)ccc32)n1. The largest absolute Gasteiger partial charge is 0.478 e. The molecule has 2 aromatic heterocycles. The third kappa shape index (κ3) is 3.70. The highest BCUT2D eigenvalue weighted by molar-refractivity contribution is 6.04. The molecule has 0 aliphatic rings. The maximum Gasteiger partial charge on any atom is 0.248 e. The molecule has 0 bridgehead atoms. The van der Waals surface area contributed by atoms with Crippen molar-refractivity contribution in [1.29, 1.82) is 0 Å². The molecule has 0 spiro atoms. The first-order valence-electron chi connectivity index (χ1n) is 8.33. The second-order valence-electron chi connectivity index (χ2n) is 5.83. The van der Waals surface area contributed by atoms with Crippen molar-refractivity contribution in [1.82, 2.24) is 9.97 Å². The Hall–Kier alpha value is -2.36. The van der Waals surface area contributed by atoms with E-state index in [0.29, 0.717) is 12.5 Å². The van der Waals surface area contributed by atoms with Gasteiger partial charge in [0.05, 0.1) is 12.1 Å². The van der Waals surface area contributed by atoms with Crippen molar-refractivity contribution in [2.75, 3.05) is 6.61 Å². The molecule has 0 aliphatic heterocycles. The average Bonchev–Trinajstić information content (AvgIpc) is 2.57. The molecular weight excluding hydrogens is 288 g/mol. The van der Waals surface area contributed by atoms with Crippen LogP contribution in [0.15, 0.2) is 41.2 Å². The minimum absolute atomic E-state index is 0.0900. The molecule has 23 heavy (non-hydrogen) atoms. The van der Waals surface area contributed by atoms with E-state index < -0.39 is 0 Å². The molecule has 0 atom stereocenters. The van der Waals surface area contributed by atoms with E-state index in [1.54, 1.807) is 6.07 Å². The maximum atomic E-state index is 11.4. The lowest BCUT2D eigenvalue weighted by Gasteiger charge is -2.07. The van der Waals surface area contributed by atoms with Crippen LogP contribution < -0.4 is 10.3 Å². The van der Waals surface area contributed by atoms with Crippen molar-refractivity contribution in [2.24, 2.45) is 0 Å². The number of benzene rings is 1. The number of aromatic amines is 1. The van der Waals surface area contributed by atoms with E-state index in [1.165, 1.54) is 25.7 Å². The van der Waals surface area contributed by atoms with Gasteiger partial charge in [-0.15, -0.1) is 0 Å². The summed E-state index contributed by atoms with van der Waals surface area (Å²) in [6, 6.07) is 11.1. The number of rotatable bonds is 7. The zero-order valence-electron chi connectivity index (χ0n) is 13.5. The molecule has 0 aliphatic carbocycles. The fraction of sp³-hybridized carbons (Fsp3) is 0.368. The van der Waals surface area contributed by atoms with Crippen LogP contribution in [0.2, 0.25) is 0 Å². The molecule has 120 valence electrons. The molecule has 1 aromatic carbocycles. The normalized spacial score (nSPS) is 11.2. The number of hydrogen-bond acceptors (Lipinski definition) is 3. The van der Waals surface area contributed by atoms with Crippen molar-refractivity contribution in [3.63, 3.8) is 0 Å². The topological polar surface area (TPSA) is 55.0 Å². The molecule has 0 saturated heterocycles. The molecule has 2 heterocycles. The Morgan fingerprint density at radius 2 is 1.78 bits per heavy atom. The quantitative estimate of drug-likeness (QED) is 0.519. The summed E-state index contributed by atoms with van der Waals surface area (Å²) in [7, 11) is 0. The first-order chi connectivity index (χ1) is 11.3. The molecular formula is C19H22N2O2. The van der Waals surface area contributed by atoms with Crippen LogP contribution in [0.1, 0.15) is 39.0 Å². The van der Waals surface area contributed by atoms with E-state index in [0.717, 1.165) is 28.2 Å². The average molecular weight is 310 g/mol. The predicted molar refractivity (Wildman–Crippen MR) is 94.1 cm³/mol. The molecule has 0 radical (unpaired) electrons. The highest BCUT2D eigenvalue weighted by Crippen LogP contribution is 2.24. The Morgan fingerprint density at radius 3 is 2.65 bits per heavy atom. The lowest BCUT2D eigenvalue weighted by molar-refractivity contribution is 0.294. The van der Waals surface area contributed by atoms with Crippen molar-refractivity contribution < 1.29 is 4.74 Å². The minimum atomic E-state index is -0.0900. The number of ether oxygens (including phenoxy) is 1. The van der Waals surface area contributed by atoms with Gasteiger partial charge in [0.2, 0.25) is 11.4 Å². The third-order valence-corrected chi connectivity index (χ3v) is 4.04. The molecule has 0 fully saturated rings. The van der Waals surface area contributed by atoms with Crippen molar-refractivity contribution in [3.8, 4) is 5.88 Å². The second kappa shape index (κ2) is 7.27. The Balaban J connectivity index is 1.73. The summed E-state index contributed by atoms with van der Waals surface area (Å²) in [5.74, 6) is 0.664. The highest BCUT2D eigenvalue weighted by Gasteiger charge is 2.04. The lowest BCUT2D eigenvalue weighted by atomic mass is 10.1. The summed E-state index contributed by atoms with van der Waals surface area (Å²) >= 11 is 0. The van der Waals surface area contributed by atoms with E-state index in [9.17, 15) is 4.79 Å². The van der Waals surface area contributed by atoms with E-state index in [4.69, 9.17) is 4.74 Å². The Bertz CT molecular complexity index is 855. The van der Waals surface area contributed by atoms with Crippen LogP contribution in [0.25, 0.3) is 21.8 Å². The number of hydrogen-bond donors (Lipinski definition) is 1. The highest BCUT2D eigenvalue weighted by atomic mass is 16.5. The molecule has 1 N–H and O–H groups in total. The van der Waals surface area contributed by atoms with Gasteiger partial charge in [-0.3, -0.25) is 4.79 Å². The van der Waals surface area contributed by atoms with Gasteiger partial charge in [0, 0.05) is 28.4 Å². The van der Waals surface area contributed by atoms with Crippen LogP contribution in [-0.4, -0.2) is 16.6 Å². The Morgan fingerprint density at radius 1 is 0.957 bits per heavy atom. The summed E-state index contributed by atoms with van der Waals surface area (Å²) in [5.41, 5.74) is 1.62. The predicted octanol–water partition coefficient (Wildman–Crippen LogP) is 4.43. The standard InChI is InChI=1S/C19H22N2O2/c1-2-3-4-5-6-13-23-19-12-8-15-14-7-11-18(22)20-16(14)9-10-17(15)21-19/h7-12H,2-6,13H2,1H3,(H,20,22). The number of unbranched alkanes of at least 4 members (excludes halogenated alkanes) is 4. The minimum Gasteiger partial charge on any atom is -0.478 e. The van der Waals surface area contributed by atoms with Crippen LogP contribution in [0.4, 0.5) is 0 Å². The molecule has 0 saturated carbocycles. The van der Waals surface area contributed by atoms with E-state index in [1.807, 2.05) is 30.3 Å². The zero-order valence-corrected chi connectivity index (χ0v) is 13.5. The van der Waals surface area contributed by atoms with Gasteiger partial charge in [0.15, 0.2) is 0 Å². The summed E-state index contributed by atoms with van der Waals surface area (Å²) < 4.78 is 5.76. The fourth-order valence-corrected chi connectivity index (χ4v) is 2.79. The number of aromatic nitrogens is 2. The van der Waals surface area contributed by atoms with E-state index in [2.05, 4.69) is 16.9 Å². The molecule has 3 rings (SSSR count). The number of nitrogens with one attached hydrogen (secondary N) is 1. The first kappa shape index (κ1) is 15.5. The Kier molecular flexibility index (Phi) is 4.91. The van der Waals surface area contributed by atoms with Gasteiger partial charge in [0.25, 0.3) is 0 Å². The van der Waals surface area contributed by atoms with Crippen LogP contribution in [0, 0.1) is 0 Å². The molecule has 3 aromatic rings. The maximum absolute atomic E-state index is 11.4. The van der Waals surface area contributed by atoms with Crippen molar-refractivity contribution in [3.05, 3.63) is 46.8 Å². The van der Waals surface area contributed by atoms with Gasteiger partial charge in [-0.1, -0.05) is 32.6 Å². The molecule has 0 unspecified atom stereocenters. The van der Waals surface area contributed by atoms with Gasteiger partial charge < -0.3 is 9.72 Å². The number of nitrogens with zero attached hydrogens (tertiary/aromatic N) is 1. The van der Waals surface area contributed by atoms with Crippen LogP contribution in [0.3, 0.4) is 0 Å². The van der Waals surface area contributed by atoms with Gasteiger partial charge in [-0.2, -0.15) is 0 Å². The second-order valence-corrected chi connectivity index (χ2v) is 5.83. The van der Waals surface area contributed by atoms with Crippen molar-refractivity contribution >= 4 is 21.8 Å². The third-order valence-electron chi connectivity index (χ3n) is 4.04. The molecule has 4 heteroatoms. The first-order valence-corrected chi connectivity index (χ1v) is 8.33. The van der Waals surface area contributed by atoms with Crippen LogP contribution in [-0.2, 0) is 0 Å². The number of H-pyrrole nitrogens is 1. The smallest absolute Gasteiger partial charge is 0.248 e. The van der Waals surface area contributed by atoms with Gasteiger partial charge in [-0.25, -0.2) is 4.98 Å². The van der Waals surface area contributed by atoms with Gasteiger partial charge in [-0.05, 0) is 30.7 Å². The Labute approximate surface area is 135 Å². The summed E-state index contributed by atoms with van der Waals surface area (Å²) in [4.78, 5) is 18.8. The van der Waals surface area contributed by atoms with Crippen LogP contribution in [0.5, 0.6) is 5.88 Å². The van der Waals surface area contributed by atoms with Gasteiger partial charge in [0.1, 0.15) is 0 Å². The monoisotopic (exact) mass is 310 g/mol. The zero-order chi connectivity index (χ0) is 16.1. The summed E-state index contributed by atoms with van der Waals surface area (Å²) in [5, 5.41) is 2.02. The van der Waals surface area contributed by atoms with Crippen LogP contribution >= 0.6 is 0 Å². The molecule has 0 amide bonds. The van der Waals surface area contributed by atoms with Crippen molar-refractivity contribution in [2.45, 2.75) is 39.0 Å². The van der Waals surface area contributed by atoms with Gasteiger partial charge >= 0.3 is 0 Å². The summed E-state index contributed by atoms with van der Waals surface area (Å²) in [6.07, 6.45) is 6.10. The van der Waals surface area contributed by atoms with E-state index >= 15 is 0 Å². The fourth-order valence-electron chi connectivity index (χ4n) is 2.79. The molecule has 4 nitrogen and oxygen atoms in total. The van der Waals surface area contributed by atoms with E-state index in [-0.39, 0.29) is 5.56 Å². The summed E-state index contributed by atoms with van der Waals surface area (Å²) in [6.45, 7) is 2.93. The number of pyridine rings is 2. The number of fused-ring (bicyclic) bond motifs is 3. The lowest BCUT2D eigenvalue weighted by Crippen LogP contribution is -2.02.